The lowest BCUT2D eigenvalue weighted by Gasteiger charge is -2.09. The lowest BCUT2D eigenvalue weighted by molar-refractivity contribution is 0.0691. The molecular weight excluding hydrogens is 344 g/mol. The number of aromatic carboxylic acids is 1. The third kappa shape index (κ3) is 9.66. The quantitative estimate of drug-likeness (QED) is 0.254. The van der Waals surface area contributed by atoms with Gasteiger partial charge in [-0.2, -0.15) is 0 Å². The van der Waals surface area contributed by atoms with Crippen LogP contribution >= 0.6 is 0 Å². The number of aryl methyl sites for hydroxylation is 1. The fourth-order valence-electron chi connectivity index (χ4n) is 3.21. The van der Waals surface area contributed by atoms with Crippen molar-refractivity contribution in [3.05, 3.63) is 23.3 Å². The number of phenols is 2. The molecule has 0 saturated heterocycles. The number of unbranched alkanes of at least 4 members (excludes halogenated alkanes) is 9. The van der Waals surface area contributed by atoms with E-state index in [2.05, 4.69) is 6.92 Å². The van der Waals surface area contributed by atoms with E-state index in [4.69, 9.17) is 4.74 Å². The monoisotopic (exact) mass is 380 g/mol. The zero-order valence-corrected chi connectivity index (χ0v) is 16.7. The molecule has 0 amide bonds. The maximum Gasteiger partial charge on any atom is 0.339 e. The molecule has 5 nitrogen and oxygen atoms in total. The molecule has 0 fully saturated rings. The first-order valence-electron chi connectivity index (χ1n) is 10.4. The van der Waals surface area contributed by atoms with Crippen LogP contribution in [-0.2, 0) is 11.2 Å². The molecule has 0 atom stereocenters. The second-order valence-electron chi connectivity index (χ2n) is 7.17. The molecule has 154 valence electrons. The summed E-state index contributed by atoms with van der Waals surface area (Å²) in [4.78, 5) is 11.3. The highest BCUT2D eigenvalue weighted by molar-refractivity contribution is 5.93. The standard InChI is InChI=1S/C22H36O5/c1-2-3-4-11-16-27-17-12-9-7-5-6-8-10-13-18-14-15-19(23)21(24)20(18)22(25)26/h14-15,23-24H,2-13,16-17H2,1H3,(H,25,26). The Hall–Kier alpha value is -1.75. The molecule has 0 unspecified atom stereocenters. The summed E-state index contributed by atoms with van der Waals surface area (Å²) in [5.74, 6) is -2.13. The van der Waals surface area contributed by atoms with Gasteiger partial charge in [0, 0.05) is 13.2 Å². The predicted octanol–water partition coefficient (Wildman–Crippen LogP) is 5.67. The van der Waals surface area contributed by atoms with Gasteiger partial charge in [0.05, 0.1) is 0 Å². The highest BCUT2D eigenvalue weighted by Gasteiger charge is 2.18. The fraction of sp³-hybridized carbons (Fsp3) is 0.682. The second kappa shape index (κ2) is 14.3. The molecule has 0 aliphatic carbocycles. The molecule has 0 radical (unpaired) electrons. The zero-order chi connectivity index (χ0) is 19.9. The fourth-order valence-corrected chi connectivity index (χ4v) is 3.21. The van der Waals surface area contributed by atoms with E-state index < -0.39 is 11.7 Å². The first-order valence-corrected chi connectivity index (χ1v) is 10.4. The molecule has 1 aromatic rings. The number of carboxylic acid groups (broad SMARTS) is 1. The lowest BCUT2D eigenvalue weighted by Crippen LogP contribution is -2.03. The van der Waals surface area contributed by atoms with Gasteiger partial charge in [-0.05, 0) is 37.3 Å². The van der Waals surface area contributed by atoms with E-state index in [1.54, 1.807) is 6.07 Å². The van der Waals surface area contributed by atoms with E-state index in [0.29, 0.717) is 12.0 Å². The number of carboxylic acids is 1. The largest absolute Gasteiger partial charge is 0.504 e. The predicted molar refractivity (Wildman–Crippen MR) is 108 cm³/mol. The van der Waals surface area contributed by atoms with E-state index >= 15 is 0 Å². The molecule has 0 aliphatic rings. The van der Waals surface area contributed by atoms with Gasteiger partial charge in [0.25, 0.3) is 0 Å². The van der Waals surface area contributed by atoms with Crippen molar-refractivity contribution >= 4 is 5.97 Å². The van der Waals surface area contributed by atoms with Gasteiger partial charge in [-0.3, -0.25) is 0 Å². The summed E-state index contributed by atoms with van der Waals surface area (Å²) < 4.78 is 5.64. The Balaban J connectivity index is 2.04. The summed E-state index contributed by atoms with van der Waals surface area (Å²) in [6.07, 6.45) is 13.4. The molecule has 0 spiro atoms. The Labute approximate surface area is 163 Å². The molecule has 0 bridgehead atoms. The highest BCUT2D eigenvalue weighted by atomic mass is 16.5. The van der Waals surface area contributed by atoms with Crippen LogP contribution in [0.2, 0.25) is 0 Å². The van der Waals surface area contributed by atoms with Crippen molar-refractivity contribution in [1.82, 2.24) is 0 Å². The zero-order valence-electron chi connectivity index (χ0n) is 16.7. The average molecular weight is 381 g/mol. The number of hydrogen-bond acceptors (Lipinski definition) is 4. The molecule has 3 N–H and O–H groups in total. The third-order valence-corrected chi connectivity index (χ3v) is 4.83. The number of rotatable bonds is 16. The lowest BCUT2D eigenvalue weighted by atomic mass is 9.99. The first-order chi connectivity index (χ1) is 13.1. The minimum atomic E-state index is -1.20. The molecule has 0 heterocycles. The highest BCUT2D eigenvalue weighted by Crippen LogP contribution is 2.32. The van der Waals surface area contributed by atoms with E-state index in [9.17, 15) is 20.1 Å². The van der Waals surface area contributed by atoms with Gasteiger partial charge in [0.1, 0.15) is 5.56 Å². The van der Waals surface area contributed by atoms with Crippen LogP contribution in [0, 0.1) is 0 Å². The van der Waals surface area contributed by atoms with Crippen LogP contribution in [0.5, 0.6) is 11.5 Å². The van der Waals surface area contributed by atoms with Crippen LogP contribution in [0.4, 0.5) is 0 Å². The van der Waals surface area contributed by atoms with Crippen molar-refractivity contribution in [1.29, 1.82) is 0 Å². The van der Waals surface area contributed by atoms with Gasteiger partial charge in [0.2, 0.25) is 0 Å². The number of carbonyl (C=O) groups is 1. The molecule has 0 saturated carbocycles. The van der Waals surface area contributed by atoms with E-state index in [1.165, 1.54) is 51.0 Å². The van der Waals surface area contributed by atoms with Crippen molar-refractivity contribution < 1.29 is 24.9 Å². The second-order valence-corrected chi connectivity index (χ2v) is 7.17. The van der Waals surface area contributed by atoms with Gasteiger partial charge in [-0.15, -0.1) is 0 Å². The minimum Gasteiger partial charge on any atom is -0.504 e. The summed E-state index contributed by atoms with van der Waals surface area (Å²) in [5.41, 5.74) is 0.401. The van der Waals surface area contributed by atoms with Gasteiger partial charge in [-0.25, -0.2) is 4.79 Å². The summed E-state index contributed by atoms with van der Waals surface area (Å²) in [5, 5.41) is 28.4. The number of hydrogen-bond donors (Lipinski definition) is 3. The van der Waals surface area contributed by atoms with Gasteiger partial charge < -0.3 is 20.1 Å². The molecule has 0 aliphatic heterocycles. The molecule has 5 heteroatoms. The Kier molecular flexibility index (Phi) is 12.4. The van der Waals surface area contributed by atoms with Crippen LogP contribution in [-0.4, -0.2) is 34.5 Å². The van der Waals surface area contributed by atoms with Crippen molar-refractivity contribution in [2.45, 2.75) is 84.0 Å². The molecule has 0 aromatic heterocycles. The van der Waals surface area contributed by atoms with Crippen molar-refractivity contribution in [3.8, 4) is 11.5 Å². The van der Waals surface area contributed by atoms with E-state index in [-0.39, 0.29) is 11.3 Å². The van der Waals surface area contributed by atoms with Crippen molar-refractivity contribution in [2.24, 2.45) is 0 Å². The van der Waals surface area contributed by atoms with E-state index in [0.717, 1.165) is 38.9 Å². The summed E-state index contributed by atoms with van der Waals surface area (Å²) in [6, 6.07) is 2.93. The molecule has 1 aromatic carbocycles. The number of benzene rings is 1. The molecular formula is C22H36O5. The topological polar surface area (TPSA) is 87.0 Å². The van der Waals surface area contributed by atoms with Gasteiger partial charge in [0.15, 0.2) is 11.5 Å². The van der Waals surface area contributed by atoms with Crippen molar-refractivity contribution in [3.63, 3.8) is 0 Å². The SMILES string of the molecule is CCCCCCOCCCCCCCCCc1ccc(O)c(O)c1C(=O)O. The first kappa shape index (κ1) is 23.3. The Morgan fingerprint density at radius 1 is 0.852 bits per heavy atom. The smallest absolute Gasteiger partial charge is 0.339 e. The van der Waals surface area contributed by atoms with Crippen LogP contribution in [0.15, 0.2) is 12.1 Å². The summed E-state index contributed by atoms with van der Waals surface area (Å²) in [6.45, 7) is 3.98. The van der Waals surface area contributed by atoms with Gasteiger partial charge in [-0.1, -0.05) is 64.4 Å². The third-order valence-electron chi connectivity index (χ3n) is 4.83. The maximum absolute atomic E-state index is 11.3. The van der Waals surface area contributed by atoms with Crippen LogP contribution in [0.1, 0.15) is 93.5 Å². The Morgan fingerprint density at radius 2 is 1.41 bits per heavy atom. The van der Waals surface area contributed by atoms with Crippen LogP contribution in [0.25, 0.3) is 0 Å². The minimum absolute atomic E-state index is 0.176. The molecule has 27 heavy (non-hydrogen) atoms. The average Bonchev–Trinajstić information content (AvgIpc) is 2.64. The Bertz CT molecular complexity index is 542. The number of aromatic hydroxyl groups is 2. The summed E-state index contributed by atoms with van der Waals surface area (Å²) in [7, 11) is 0. The van der Waals surface area contributed by atoms with Crippen LogP contribution < -0.4 is 0 Å². The van der Waals surface area contributed by atoms with E-state index in [1.807, 2.05) is 0 Å². The number of phenolic OH excluding ortho intramolecular Hbond substituents is 1. The van der Waals surface area contributed by atoms with Crippen molar-refractivity contribution in [2.75, 3.05) is 13.2 Å². The summed E-state index contributed by atoms with van der Waals surface area (Å²) >= 11 is 0. The number of ether oxygens (including phenoxy) is 1. The van der Waals surface area contributed by atoms with Crippen LogP contribution in [0.3, 0.4) is 0 Å². The maximum atomic E-state index is 11.3. The normalized spacial score (nSPS) is 11.0. The molecule has 1 rings (SSSR count). The van der Waals surface area contributed by atoms with Gasteiger partial charge >= 0.3 is 5.97 Å². The Morgan fingerprint density at radius 3 is 2.00 bits per heavy atom.